The summed E-state index contributed by atoms with van der Waals surface area (Å²) in [6.45, 7) is 4.05. The van der Waals surface area contributed by atoms with Gasteiger partial charge >= 0.3 is 0 Å². The second kappa shape index (κ2) is 9.92. The van der Waals surface area contributed by atoms with E-state index in [0.29, 0.717) is 12.3 Å². The van der Waals surface area contributed by atoms with Crippen LogP contribution < -0.4 is 10.1 Å². The van der Waals surface area contributed by atoms with E-state index in [1.54, 1.807) is 0 Å². The van der Waals surface area contributed by atoms with E-state index in [-0.39, 0.29) is 5.91 Å². The Balaban J connectivity index is 1.30. The third-order valence-electron chi connectivity index (χ3n) is 6.01. The lowest BCUT2D eigenvalue weighted by molar-refractivity contribution is 0.102. The summed E-state index contributed by atoms with van der Waals surface area (Å²) in [5, 5.41) is 10.4. The number of aromatic nitrogens is 2. The summed E-state index contributed by atoms with van der Waals surface area (Å²) in [6.07, 6.45) is 10.6. The van der Waals surface area contributed by atoms with Gasteiger partial charge in [-0.25, -0.2) is 0 Å². The Labute approximate surface area is 173 Å². The maximum Gasteiger partial charge on any atom is 0.276 e. The first-order valence-electron chi connectivity index (χ1n) is 11.1. The lowest BCUT2D eigenvalue weighted by Gasteiger charge is -2.26. The number of fused-ring (bicyclic) bond motifs is 1. The minimum Gasteiger partial charge on any atom is -0.492 e. The predicted molar refractivity (Wildman–Crippen MR) is 115 cm³/mol. The predicted octanol–water partition coefficient (Wildman–Crippen LogP) is 4.19. The molecule has 2 aromatic rings. The van der Waals surface area contributed by atoms with E-state index in [4.69, 9.17) is 4.74 Å². The van der Waals surface area contributed by atoms with Gasteiger partial charge in [-0.15, -0.1) is 0 Å². The molecule has 4 rings (SSSR count). The first-order valence-corrected chi connectivity index (χ1v) is 11.1. The van der Waals surface area contributed by atoms with Gasteiger partial charge in [-0.1, -0.05) is 19.3 Å². The van der Waals surface area contributed by atoms with Crippen LogP contribution in [-0.4, -0.2) is 47.2 Å². The van der Waals surface area contributed by atoms with Crippen molar-refractivity contribution in [2.75, 3.05) is 31.6 Å². The summed E-state index contributed by atoms with van der Waals surface area (Å²) in [5.41, 5.74) is 3.54. The first-order chi connectivity index (χ1) is 14.3. The minimum absolute atomic E-state index is 0.137. The first kappa shape index (κ1) is 20.0. The summed E-state index contributed by atoms with van der Waals surface area (Å²) < 4.78 is 5.87. The van der Waals surface area contributed by atoms with E-state index in [1.165, 1.54) is 45.2 Å². The second-order valence-electron chi connectivity index (χ2n) is 8.17. The average Bonchev–Trinajstić information content (AvgIpc) is 3.12. The van der Waals surface area contributed by atoms with Crippen LogP contribution in [0.3, 0.4) is 0 Å². The van der Waals surface area contributed by atoms with Gasteiger partial charge in [-0.05, 0) is 75.9 Å². The highest BCUT2D eigenvalue weighted by molar-refractivity contribution is 6.04. The van der Waals surface area contributed by atoms with Gasteiger partial charge in [0.05, 0.1) is 0 Å². The van der Waals surface area contributed by atoms with Crippen LogP contribution in [0.4, 0.5) is 5.69 Å². The Hall–Kier alpha value is -2.34. The van der Waals surface area contributed by atoms with Crippen molar-refractivity contribution in [2.45, 2.75) is 57.8 Å². The molecule has 1 aliphatic heterocycles. The molecule has 1 aromatic carbocycles. The van der Waals surface area contributed by atoms with Crippen molar-refractivity contribution in [1.29, 1.82) is 0 Å². The molecule has 0 saturated carbocycles. The third-order valence-corrected chi connectivity index (χ3v) is 6.01. The number of rotatable bonds is 6. The summed E-state index contributed by atoms with van der Waals surface area (Å²) in [7, 11) is 0. The van der Waals surface area contributed by atoms with Gasteiger partial charge in [0.15, 0.2) is 5.69 Å². The van der Waals surface area contributed by atoms with Crippen LogP contribution in [0.2, 0.25) is 0 Å². The van der Waals surface area contributed by atoms with Crippen LogP contribution >= 0.6 is 0 Å². The fraction of sp³-hybridized carbons (Fsp3) is 0.565. The molecule has 2 heterocycles. The normalized spacial score (nSPS) is 17.8. The van der Waals surface area contributed by atoms with E-state index in [2.05, 4.69) is 20.4 Å². The van der Waals surface area contributed by atoms with Crippen molar-refractivity contribution < 1.29 is 9.53 Å². The summed E-state index contributed by atoms with van der Waals surface area (Å²) in [5.74, 6) is 0.701. The summed E-state index contributed by atoms with van der Waals surface area (Å²) in [4.78, 5) is 15.2. The number of nitrogens with zero attached hydrogens (tertiary/aromatic N) is 2. The molecule has 6 nitrogen and oxygen atoms in total. The zero-order chi connectivity index (χ0) is 19.9. The summed E-state index contributed by atoms with van der Waals surface area (Å²) in [6, 6.07) is 7.62. The molecule has 0 spiro atoms. The highest BCUT2D eigenvalue weighted by atomic mass is 16.5. The minimum atomic E-state index is -0.137. The molecular weight excluding hydrogens is 364 g/mol. The molecule has 0 bridgehead atoms. The topological polar surface area (TPSA) is 70.2 Å². The monoisotopic (exact) mass is 396 g/mol. The van der Waals surface area contributed by atoms with Gasteiger partial charge in [0, 0.05) is 23.5 Å². The zero-order valence-corrected chi connectivity index (χ0v) is 17.2. The van der Waals surface area contributed by atoms with Crippen molar-refractivity contribution >= 4 is 11.6 Å². The standard InChI is InChI=1S/C23H32N4O2/c28-23(22-20-8-4-1-2-5-9-21(20)25-26-22)24-18-10-12-19(13-11-18)29-17-16-27-14-6-3-7-15-27/h10-13H,1-9,14-17H2,(H,24,28)(H,25,26). The largest absolute Gasteiger partial charge is 0.492 e. The average molecular weight is 397 g/mol. The quantitative estimate of drug-likeness (QED) is 0.768. The molecule has 29 heavy (non-hydrogen) atoms. The van der Waals surface area contributed by atoms with Gasteiger partial charge in [-0.3, -0.25) is 14.8 Å². The van der Waals surface area contributed by atoms with E-state index in [1.807, 2.05) is 24.3 Å². The molecule has 1 fully saturated rings. The Morgan fingerprint density at radius 1 is 1.00 bits per heavy atom. The van der Waals surface area contributed by atoms with Crippen molar-refractivity contribution in [2.24, 2.45) is 0 Å². The Morgan fingerprint density at radius 2 is 1.72 bits per heavy atom. The lowest BCUT2D eigenvalue weighted by atomic mass is 9.97. The lowest BCUT2D eigenvalue weighted by Crippen LogP contribution is -2.33. The molecule has 6 heteroatoms. The number of amides is 1. The van der Waals surface area contributed by atoms with Gasteiger partial charge in [0.1, 0.15) is 12.4 Å². The molecule has 0 unspecified atom stereocenters. The SMILES string of the molecule is O=C(Nc1ccc(OCCN2CCCCC2)cc1)c1n[nH]c2c1CCCCCC2. The van der Waals surface area contributed by atoms with Crippen LogP contribution in [0.1, 0.15) is 66.7 Å². The fourth-order valence-corrected chi connectivity index (χ4v) is 4.32. The van der Waals surface area contributed by atoms with Gasteiger partial charge < -0.3 is 10.1 Å². The van der Waals surface area contributed by atoms with Crippen molar-refractivity contribution in [3.05, 3.63) is 41.2 Å². The van der Waals surface area contributed by atoms with Crippen molar-refractivity contribution in [3.8, 4) is 5.75 Å². The van der Waals surface area contributed by atoms with E-state index in [9.17, 15) is 4.79 Å². The third kappa shape index (κ3) is 5.38. The van der Waals surface area contributed by atoms with Crippen molar-refractivity contribution in [3.63, 3.8) is 0 Å². The van der Waals surface area contributed by atoms with E-state index < -0.39 is 0 Å². The van der Waals surface area contributed by atoms with E-state index >= 15 is 0 Å². The van der Waals surface area contributed by atoms with Crippen LogP contribution in [0.25, 0.3) is 0 Å². The number of hydrogen-bond donors (Lipinski definition) is 2. The number of carbonyl (C=O) groups is 1. The number of anilines is 1. The van der Waals surface area contributed by atoms with Crippen LogP contribution in [0.5, 0.6) is 5.75 Å². The molecule has 0 radical (unpaired) electrons. The highest BCUT2D eigenvalue weighted by Crippen LogP contribution is 2.23. The number of ether oxygens (including phenoxy) is 1. The Morgan fingerprint density at radius 3 is 2.52 bits per heavy atom. The summed E-state index contributed by atoms with van der Waals surface area (Å²) >= 11 is 0. The molecule has 156 valence electrons. The molecule has 1 aromatic heterocycles. The Kier molecular flexibility index (Phi) is 6.83. The maximum atomic E-state index is 12.7. The van der Waals surface area contributed by atoms with Crippen LogP contribution in [0.15, 0.2) is 24.3 Å². The molecular formula is C23H32N4O2. The number of hydrogen-bond acceptors (Lipinski definition) is 4. The highest BCUT2D eigenvalue weighted by Gasteiger charge is 2.20. The number of aromatic amines is 1. The maximum absolute atomic E-state index is 12.7. The molecule has 1 amide bonds. The number of carbonyl (C=O) groups excluding carboxylic acids is 1. The number of likely N-dealkylation sites (tertiary alicyclic amines) is 1. The number of piperidine rings is 1. The van der Waals surface area contributed by atoms with Gasteiger partial charge in [0.2, 0.25) is 0 Å². The smallest absolute Gasteiger partial charge is 0.276 e. The molecule has 0 atom stereocenters. The second-order valence-corrected chi connectivity index (χ2v) is 8.17. The van der Waals surface area contributed by atoms with Gasteiger partial charge in [0.25, 0.3) is 5.91 Å². The van der Waals surface area contributed by atoms with Gasteiger partial charge in [-0.2, -0.15) is 5.10 Å². The van der Waals surface area contributed by atoms with E-state index in [0.717, 1.165) is 54.9 Å². The fourth-order valence-electron chi connectivity index (χ4n) is 4.32. The Bertz CT molecular complexity index is 794. The molecule has 2 aliphatic rings. The number of benzene rings is 1. The number of aryl methyl sites for hydroxylation is 1. The van der Waals surface area contributed by atoms with Crippen LogP contribution in [0, 0.1) is 0 Å². The zero-order valence-electron chi connectivity index (χ0n) is 17.2. The van der Waals surface area contributed by atoms with Crippen LogP contribution in [-0.2, 0) is 12.8 Å². The number of nitrogens with one attached hydrogen (secondary N) is 2. The number of H-pyrrole nitrogens is 1. The molecule has 1 saturated heterocycles. The molecule has 1 aliphatic carbocycles. The molecule has 2 N–H and O–H groups in total. The van der Waals surface area contributed by atoms with Crippen molar-refractivity contribution in [1.82, 2.24) is 15.1 Å².